The number of thioether (sulfide) groups is 1. The molecule has 0 radical (unpaired) electrons. The fourth-order valence-electron chi connectivity index (χ4n) is 2.55. The van der Waals surface area contributed by atoms with E-state index in [2.05, 4.69) is 12.2 Å². The van der Waals surface area contributed by atoms with Gasteiger partial charge in [0.2, 0.25) is 0 Å². The molecule has 1 saturated carbocycles. The van der Waals surface area contributed by atoms with Gasteiger partial charge in [0, 0.05) is 5.25 Å². The molecule has 0 saturated heterocycles. The lowest BCUT2D eigenvalue weighted by Crippen LogP contribution is -2.56. The first kappa shape index (κ1) is 13.8. The molecule has 0 heterocycles. The van der Waals surface area contributed by atoms with Gasteiger partial charge in [-0.1, -0.05) is 13.8 Å². The van der Waals surface area contributed by atoms with Gasteiger partial charge in [-0.2, -0.15) is 11.8 Å². The fraction of sp³-hybridized carbons (Fsp3) is 0.917. The number of ether oxygens (including phenoxy) is 1. The van der Waals surface area contributed by atoms with Gasteiger partial charge in [-0.15, -0.1) is 0 Å². The minimum Gasteiger partial charge on any atom is -0.468 e. The predicted octanol–water partition coefficient (Wildman–Crippen LogP) is 2.20. The van der Waals surface area contributed by atoms with E-state index < -0.39 is 5.54 Å². The zero-order valence-electron chi connectivity index (χ0n) is 10.5. The molecule has 1 fully saturated rings. The second kappa shape index (κ2) is 6.50. The number of likely N-dealkylation sites (N-methyl/N-ethyl adjacent to an activating group) is 1. The first-order valence-electron chi connectivity index (χ1n) is 6.13. The van der Waals surface area contributed by atoms with Crippen molar-refractivity contribution in [3.8, 4) is 0 Å². The molecule has 2 unspecified atom stereocenters. The Balaban J connectivity index is 2.71. The Morgan fingerprint density at radius 1 is 1.56 bits per heavy atom. The van der Waals surface area contributed by atoms with Crippen molar-refractivity contribution < 1.29 is 9.53 Å². The quantitative estimate of drug-likeness (QED) is 0.754. The van der Waals surface area contributed by atoms with Gasteiger partial charge >= 0.3 is 5.97 Å². The van der Waals surface area contributed by atoms with Crippen LogP contribution >= 0.6 is 11.8 Å². The van der Waals surface area contributed by atoms with Gasteiger partial charge in [0.25, 0.3) is 0 Å². The molecule has 4 heteroatoms. The van der Waals surface area contributed by atoms with E-state index in [0.29, 0.717) is 5.25 Å². The SMILES string of the molecule is CCNC1(C(=O)OC)CCCC(SCC)C1. The molecular formula is C12H23NO2S. The van der Waals surface area contributed by atoms with Gasteiger partial charge in [-0.3, -0.25) is 4.79 Å². The predicted molar refractivity (Wildman–Crippen MR) is 68.8 cm³/mol. The number of rotatable bonds is 5. The number of hydrogen-bond acceptors (Lipinski definition) is 4. The molecule has 1 rings (SSSR count). The second-order valence-electron chi connectivity index (χ2n) is 4.28. The van der Waals surface area contributed by atoms with Gasteiger partial charge in [0.05, 0.1) is 7.11 Å². The maximum absolute atomic E-state index is 11.9. The molecule has 3 nitrogen and oxygen atoms in total. The third-order valence-corrected chi connectivity index (χ3v) is 4.41. The molecule has 16 heavy (non-hydrogen) atoms. The fourth-order valence-corrected chi connectivity index (χ4v) is 3.76. The molecule has 0 aromatic carbocycles. The molecule has 1 N–H and O–H groups in total. The molecule has 0 bridgehead atoms. The average molecular weight is 245 g/mol. The van der Waals surface area contributed by atoms with Gasteiger partial charge in [-0.25, -0.2) is 0 Å². The third kappa shape index (κ3) is 3.14. The Labute approximate surface area is 103 Å². The summed E-state index contributed by atoms with van der Waals surface area (Å²) in [4.78, 5) is 11.9. The van der Waals surface area contributed by atoms with Crippen molar-refractivity contribution in [3.05, 3.63) is 0 Å². The summed E-state index contributed by atoms with van der Waals surface area (Å²) in [6.07, 6.45) is 4.16. The average Bonchev–Trinajstić information content (AvgIpc) is 2.29. The van der Waals surface area contributed by atoms with Gasteiger partial charge in [0.1, 0.15) is 5.54 Å². The Morgan fingerprint density at radius 3 is 2.88 bits per heavy atom. The maximum Gasteiger partial charge on any atom is 0.326 e. The number of carbonyl (C=O) groups excluding carboxylic acids is 1. The van der Waals surface area contributed by atoms with Crippen molar-refractivity contribution in [1.82, 2.24) is 5.32 Å². The van der Waals surface area contributed by atoms with Gasteiger partial charge in [0.15, 0.2) is 0 Å². The van der Waals surface area contributed by atoms with E-state index in [0.717, 1.165) is 31.6 Å². The summed E-state index contributed by atoms with van der Waals surface area (Å²) in [5, 5.41) is 3.94. The molecule has 0 spiro atoms. The molecule has 1 aliphatic rings. The highest BCUT2D eigenvalue weighted by Crippen LogP contribution is 2.35. The first-order valence-corrected chi connectivity index (χ1v) is 7.18. The van der Waals surface area contributed by atoms with E-state index in [9.17, 15) is 4.79 Å². The number of hydrogen-bond donors (Lipinski definition) is 1. The van der Waals surface area contributed by atoms with Crippen molar-refractivity contribution in [3.63, 3.8) is 0 Å². The van der Waals surface area contributed by atoms with Crippen LogP contribution in [0.1, 0.15) is 39.5 Å². The summed E-state index contributed by atoms with van der Waals surface area (Å²) in [5.74, 6) is 1.03. The van der Waals surface area contributed by atoms with Crippen LogP contribution in [-0.4, -0.2) is 36.2 Å². The Morgan fingerprint density at radius 2 is 2.31 bits per heavy atom. The van der Waals surface area contributed by atoms with E-state index >= 15 is 0 Å². The lowest BCUT2D eigenvalue weighted by molar-refractivity contribution is -0.150. The van der Waals surface area contributed by atoms with E-state index in [1.165, 1.54) is 13.5 Å². The minimum absolute atomic E-state index is 0.0873. The van der Waals surface area contributed by atoms with Crippen LogP contribution in [0.4, 0.5) is 0 Å². The van der Waals surface area contributed by atoms with Crippen LogP contribution in [0.3, 0.4) is 0 Å². The van der Waals surface area contributed by atoms with E-state index in [1.54, 1.807) is 0 Å². The van der Waals surface area contributed by atoms with Crippen LogP contribution in [0.15, 0.2) is 0 Å². The Hall–Kier alpha value is -0.220. The standard InChI is InChI=1S/C12H23NO2S/c1-4-13-12(11(14)15-3)8-6-7-10(9-12)16-5-2/h10,13H,4-9H2,1-3H3. The molecule has 0 amide bonds. The van der Waals surface area contributed by atoms with E-state index in [-0.39, 0.29) is 5.97 Å². The van der Waals surface area contributed by atoms with Crippen LogP contribution in [0.5, 0.6) is 0 Å². The number of nitrogens with one attached hydrogen (secondary N) is 1. The minimum atomic E-state index is -0.422. The third-order valence-electron chi connectivity index (χ3n) is 3.20. The summed E-state index contributed by atoms with van der Waals surface area (Å²) in [6, 6.07) is 0. The number of esters is 1. The normalized spacial score (nSPS) is 30.1. The molecule has 0 aromatic heterocycles. The lowest BCUT2D eigenvalue weighted by Gasteiger charge is -2.38. The van der Waals surface area contributed by atoms with E-state index in [1.807, 2.05) is 18.7 Å². The molecule has 0 aliphatic heterocycles. The highest BCUT2D eigenvalue weighted by Gasteiger charge is 2.43. The van der Waals surface area contributed by atoms with Crippen LogP contribution in [0, 0.1) is 0 Å². The van der Waals surface area contributed by atoms with Crippen molar-refractivity contribution in [2.75, 3.05) is 19.4 Å². The molecule has 2 atom stereocenters. The zero-order valence-corrected chi connectivity index (χ0v) is 11.4. The monoisotopic (exact) mass is 245 g/mol. The van der Waals surface area contributed by atoms with E-state index in [4.69, 9.17) is 4.74 Å². The van der Waals surface area contributed by atoms with Crippen LogP contribution in [0.25, 0.3) is 0 Å². The second-order valence-corrected chi connectivity index (χ2v) is 5.86. The first-order chi connectivity index (χ1) is 7.68. The molecule has 0 aromatic rings. The lowest BCUT2D eigenvalue weighted by atomic mass is 9.81. The molecular weight excluding hydrogens is 222 g/mol. The summed E-state index contributed by atoms with van der Waals surface area (Å²) < 4.78 is 4.96. The number of methoxy groups -OCH3 is 1. The summed E-state index contributed by atoms with van der Waals surface area (Å²) in [5.41, 5.74) is -0.422. The topological polar surface area (TPSA) is 38.3 Å². The van der Waals surface area contributed by atoms with Crippen molar-refractivity contribution >= 4 is 17.7 Å². The van der Waals surface area contributed by atoms with Crippen LogP contribution in [0.2, 0.25) is 0 Å². The van der Waals surface area contributed by atoms with Gasteiger partial charge < -0.3 is 10.1 Å². The molecule has 94 valence electrons. The summed E-state index contributed by atoms with van der Waals surface area (Å²) in [6.45, 7) is 5.03. The van der Waals surface area contributed by atoms with Crippen molar-refractivity contribution in [2.45, 2.75) is 50.3 Å². The van der Waals surface area contributed by atoms with Crippen molar-refractivity contribution in [1.29, 1.82) is 0 Å². The molecule has 1 aliphatic carbocycles. The number of carbonyl (C=O) groups is 1. The Bertz CT molecular complexity index is 229. The van der Waals surface area contributed by atoms with Crippen LogP contribution in [-0.2, 0) is 9.53 Å². The summed E-state index contributed by atoms with van der Waals surface area (Å²) in [7, 11) is 1.48. The zero-order chi connectivity index (χ0) is 12.0. The highest BCUT2D eigenvalue weighted by molar-refractivity contribution is 7.99. The Kier molecular flexibility index (Phi) is 5.62. The van der Waals surface area contributed by atoms with Crippen molar-refractivity contribution in [2.24, 2.45) is 0 Å². The largest absolute Gasteiger partial charge is 0.468 e. The van der Waals surface area contributed by atoms with Crippen LogP contribution < -0.4 is 5.32 Å². The highest BCUT2D eigenvalue weighted by atomic mass is 32.2. The smallest absolute Gasteiger partial charge is 0.326 e. The summed E-state index contributed by atoms with van der Waals surface area (Å²) >= 11 is 1.96. The maximum atomic E-state index is 11.9. The van der Waals surface area contributed by atoms with Gasteiger partial charge in [-0.05, 0) is 38.0 Å².